The molecule has 0 saturated carbocycles. The molecule has 0 aliphatic rings. The molecule has 0 aromatic heterocycles. The lowest BCUT2D eigenvalue weighted by atomic mass is 11.7. The van der Waals surface area contributed by atoms with Crippen molar-refractivity contribution in [1.29, 1.82) is 0 Å². The van der Waals surface area contributed by atoms with Crippen LogP contribution >= 0.6 is 0 Å². The third-order valence-electron chi connectivity index (χ3n) is 0.0948. The number of carbonyl (C=O) groups excluding carboxylic acids is 1. The van der Waals surface area contributed by atoms with E-state index >= 15 is 0 Å². The van der Waals surface area contributed by atoms with Crippen LogP contribution in [-0.4, -0.2) is 6.47 Å². The van der Waals surface area contributed by atoms with Crippen molar-refractivity contribution in [1.82, 2.24) is 0 Å². The van der Waals surface area contributed by atoms with Crippen LogP contribution in [0.1, 0.15) is 0 Å². The molecule has 2 N–H and O–H groups in total. The zero-order valence-corrected chi connectivity index (χ0v) is 2.38. The third-order valence-corrected chi connectivity index (χ3v) is 0.0948. The highest BCUT2D eigenvalue weighted by molar-refractivity contribution is 5.35. The van der Waals surface area contributed by atoms with Crippen molar-refractivity contribution in [3.63, 3.8) is 0 Å². The van der Waals surface area contributed by atoms with Gasteiger partial charge in [0.05, 0.1) is 0 Å². The van der Waals surface area contributed by atoms with Crippen molar-refractivity contribution in [2.24, 2.45) is 5.90 Å². The van der Waals surface area contributed by atoms with E-state index in [1.54, 1.807) is 0 Å². The molecule has 0 radical (unpaired) electrons. The Morgan fingerprint density at radius 1 is 1.80 bits per heavy atom. The van der Waals surface area contributed by atoms with E-state index in [9.17, 15) is 0 Å². The molecule has 0 atom stereocenters. The molecule has 0 aromatic rings. The second kappa shape index (κ2) is 3.39. The first-order valence-corrected chi connectivity index (χ1v) is 0.874. The molecular formula is CH3NO3. The van der Waals surface area contributed by atoms with Crippen LogP contribution < -0.4 is 5.90 Å². The molecule has 0 aromatic carbocycles. The van der Waals surface area contributed by atoms with Crippen molar-refractivity contribution in [2.45, 2.75) is 0 Å². The van der Waals surface area contributed by atoms with Gasteiger partial charge in [-0.1, -0.05) is 4.99 Å². The molecular weight excluding hydrogens is 74.0 g/mol. The van der Waals surface area contributed by atoms with E-state index in [4.69, 9.17) is 4.79 Å². The molecule has 0 fully saturated rings. The van der Waals surface area contributed by atoms with E-state index in [2.05, 4.69) is 15.8 Å². The summed E-state index contributed by atoms with van der Waals surface area (Å²) >= 11 is 0. The Kier molecular flexibility index (Phi) is 2.98. The zero-order valence-electron chi connectivity index (χ0n) is 2.38. The quantitative estimate of drug-likeness (QED) is 0.260. The van der Waals surface area contributed by atoms with Gasteiger partial charge in [0.1, 0.15) is 0 Å². The fourth-order valence-electron chi connectivity index (χ4n) is 0.0227. The predicted molar refractivity (Wildman–Crippen MR) is 12.4 cm³/mol. The first-order valence-electron chi connectivity index (χ1n) is 0.874. The van der Waals surface area contributed by atoms with Gasteiger partial charge in [-0.05, 0) is 0 Å². The maximum atomic E-state index is 8.98. The highest BCUT2D eigenvalue weighted by Crippen LogP contribution is 1.49. The minimum absolute atomic E-state index is 0.0833. The Labute approximate surface area is 28.4 Å². The van der Waals surface area contributed by atoms with Crippen molar-refractivity contribution in [3.8, 4) is 0 Å². The Bertz CT molecular complexity index is 28.1. The highest BCUT2D eigenvalue weighted by atomic mass is 17.3. The summed E-state index contributed by atoms with van der Waals surface area (Å²) in [5.74, 6) is 4.19. The number of hydrogen-bond donors (Lipinski definition) is 1. The lowest BCUT2D eigenvalue weighted by molar-refractivity contribution is -0.262. The Balaban J connectivity index is 2.40. The highest BCUT2D eigenvalue weighted by Gasteiger charge is 1.60. The Morgan fingerprint density at radius 3 is 2.40 bits per heavy atom. The third kappa shape index (κ3) is 3.39. The van der Waals surface area contributed by atoms with Crippen LogP contribution in [0.4, 0.5) is 0 Å². The minimum atomic E-state index is 0.0833. The monoisotopic (exact) mass is 77.0 g/mol. The molecule has 0 unspecified atom stereocenters. The normalized spacial score (nSPS) is 6.60. The molecule has 0 spiro atoms. The fraction of sp³-hybridized carbons (Fsp3) is 0. The summed E-state index contributed by atoms with van der Waals surface area (Å²) in [5, 5.41) is 0. The van der Waals surface area contributed by atoms with Gasteiger partial charge in [0, 0.05) is 0 Å². The van der Waals surface area contributed by atoms with Crippen LogP contribution in [0.15, 0.2) is 0 Å². The largest absolute Gasteiger partial charge is 0.332 e. The van der Waals surface area contributed by atoms with Gasteiger partial charge < -0.3 is 0 Å². The lowest BCUT2D eigenvalue weighted by Gasteiger charge is -1.78. The molecule has 4 heteroatoms. The van der Waals surface area contributed by atoms with Gasteiger partial charge in [-0.3, -0.25) is 9.68 Å². The van der Waals surface area contributed by atoms with Gasteiger partial charge in [0.15, 0.2) is 0 Å². The second-order valence-corrected chi connectivity index (χ2v) is 0.289. The Morgan fingerprint density at radius 2 is 2.40 bits per heavy atom. The van der Waals surface area contributed by atoms with Gasteiger partial charge in [0.2, 0.25) is 0 Å². The van der Waals surface area contributed by atoms with E-state index < -0.39 is 0 Å². The van der Waals surface area contributed by atoms with Gasteiger partial charge in [0.25, 0.3) is 0 Å². The van der Waals surface area contributed by atoms with Crippen molar-refractivity contribution < 1.29 is 14.7 Å². The van der Waals surface area contributed by atoms with E-state index in [0.717, 1.165) is 0 Å². The smallest absolute Gasteiger partial charge is 0.284 e. The molecule has 4 nitrogen and oxygen atoms in total. The summed E-state index contributed by atoms with van der Waals surface area (Å²) in [7, 11) is 0. The average Bonchev–Trinajstić information content (AvgIpc) is 1.41. The Hall–Kier alpha value is -0.610. The summed E-state index contributed by atoms with van der Waals surface area (Å²) in [5.41, 5.74) is 0. The lowest BCUT2D eigenvalue weighted by Crippen LogP contribution is -1.97. The summed E-state index contributed by atoms with van der Waals surface area (Å²) in [6.45, 7) is 0.0833. The van der Waals surface area contributed by atoms with Crippen LogP contribution in [0.2, 0.25) is 0 Å². The summed E-state index contributed by atoms with van der Waals surface area (Å²) < 4.78 is 0. The SMILES string of the molecule is NOOC=O. The summed E-state index contributed by atoms with van der Waals surface area (Å²) in [6.07, 6.45) is 0. The van der Waals surface area contributed by atoms with Crippen LogP contribution in [-0.2, 0) is 14.7 Å². The van der Waals surface area contributed by atoms with E-state index in [1.165, 1.54) is 0 Å². The molecule has 0 rings (SSSR count). The van der Waals surface area contributed by atoms with Crippen LogP contribution in [0, 0.1) is 0 Å². The maximum Gasteiger partial charge on any atom is 0.332 e. The van der Waals surface area contributed by atoms with Crippen molar-refractivity contribution >= 4 is 6.47 Å². The van der Waals surface area contributed by atoms with Gasteiger partial charge >= 0.3 is 6.47 Å². The predicted octanol–water partition coefficient (Wildman–Crippen LogP) is -1.04. The molecule has 5 heavy (non-hydrogen) atoms. The topological polar surface area (TPSA) is 61.6 Å². The fourth-order valence-corrected chi connectivity index (χ4v) is 0.0227. The second-order valence-electron chi connectivity index (χ2n) is 0.289. The standard InChI is InChI=1S/CH3NO3/c2-5-4-1-3/h1H,2H2. The number of rotatable bonds is 2. The molecule has 30 valence electrons. The number of carbonyl (C=O) groups is 1. The summed E-state index contributed by atoms with van der Waals surface area (Å²) in [4.78, 5) is 15.7. The maximum absolute atomic E-state index is 8.98. The van der Waals surface area contributed by atoms with Gasteiger partial charge in [-0.15, -0.1) is 0 Å². The van der Waals surface area contributed by atoms with Gasteiger partial charge in [-0.25, -0.2) is 0 Å². The van der Waals surface area contributed by atoms with Crippen molar-refractivity contribution in [2.75, 3.05) is 0 Å². The first kappa shape index (κ1) is 4.39. The number of hydrogen-bond acceptors (Lipinski definition) is 4. The summed E-state index contributed by atoms with van der Waals surface area (Å²) in [6, 6.07) is 0. The molecule has 0 aliphatic carbocycles. The molecule has 0 bridgehead atoms. The van der Waals surface area contributed by atoms with Gasteiger partial charge in [-0.2, -0.15) is 5.90 Å². The number of nitrogens with two attached hydrogens (primary N) is 1. The zero-order chi connectivity index (χ0) is 4.12. The molecule has 0 aliphatic heterocycles. The van der Waals surface area contributed by atoms with E-state index in [0.29, 0.717) is 0 Å². The van der Waals surface area contributed by atoms with E-state index in [1.807, 2.05) is 0 Å². The van der Waals surface area contributed by atoms with Crippen LogP contribution in [0.3, 0.4) is 0 Å². The molecule has 0 heterocycles. The average molecular weight is 77.0 g/mol. The van der Waals surface area contributed by atoms with E-state index in [-0.39, 0.29) is 6.47 Å². The molecule has 0 saturated heterocycles. The molecule has 0 amide bonds. The van der Waals surface area contributed by atoms with Crippen molar-refractivity contribution in [3.05, 3.63) is 0 Å². The van der Waals surface area contributed by atoms with Crippen LogP contribution in [0.25, 0.3) is 0 Å². The minimum Gasteiger partial charge on any atom is -0.284 e. The first-order chi connectivity index (χ1) is 2.41. The van der Waals surface area contributed by atoms with Crippen LogP contribution in [0.5, 0.6) is 0 Å².